The molecule has 2 nitrogen and oxygen atoms in total. The third-order valence-electron chi connectivity index (χ3n) is 4.04. The summed E-state index contributed by atoms with van der Waals surface area (Å²) in [5, 5.41) is 1.95. The topological polar surface area (TPSA) is 12.5 Å². The largest absolute Gasteiger partial charge is 0.273 e. The number of halogens is 1. The van der Waals surface area contributed by atoms with E-state index in [0.717, 1.165) is 13.2 Å². The molecule has 2 rings (SSSR count). The smallest absolute Gasteiger partial charge is 0.0776 e. The lowest BCUT2D eigenvalue weighted by Gasteiger charge is -2.24. The number of rotatable bonds is 8. The van der Waals surface area contributed by atoms with Crippen molar-refractivity contribution >= 4 is 22.6 Å². The average Bonchev–Trinajstić information content (AvgIpc) is 2.56. The summed E-state index contributed by atoms with van der Waals surface area (Å²) in [6, 6.07) is 10.5. The minimum Gasteiger partial charge on any atom is -0.273 e. The predicted molar refractivity (Wildman–Crippen MR) is 99.8 cm³/mol. The Hall–Kier alpha value is -1.06. The van der Waals surface area contributed by atoms with Gasteiger partial charge < -0.3 is 0 Å². The monoisotopic (exact) mass is 365 g/mol. The lowest BCUT2D eigenvalue weighted by atomic mass is 10.0. The fraction of sp³-hybridized carbons (Fsp3) is 0.474. The summed E-state index contributed by atoms with van der Waals surface area (Å²) in [6.07, 6.45) is 11.4. The highest BCUT2D eigenvalue weighted by Gasteiger charge is 2.10. The second kappa shape index (κ2) is 10.6. The number of allylic oxidation sites excluding steroid dienone is 2. The zero-order valence-corrected chi connectivity index (χ0v) is 15.4. The Labute approximate surface area is 145 Å². The van der Waals surface area contributed by atoms with E-state index in [4.69, 9.17) is 4.84 Å². The molecule has 0 saturated carbocycles. The lowest BCUT2D eigenvalue weighted by Crippen LogP contribution is -2.23. The first-order valence-electron chi connectivity index (χ1n) is 8.16. The summed E-state index contributed by atoms with van der Waals surface area (Å²) < 4.78 is 0. The van der Waals surface area contributed by atoms with E-state index in [1.54, 1.807) is 0 Å². The summed E-state index contributed by atoms with van der Waals surface area (Å²) in [4.78, 5) is 5.92. The molecule has 1 aromatic rings. The van der Waals surface area contributed by atoms with Gasteiger partial charge in [0.1, 0.15) is 0 Å². The first kappa shape index (κ1) is 19.0. The van der Waals surface area contributed by atoms with Gasteiger partial charge in [-0.3, -0.25) is 9.90 Å². The Balaban J connectivity index is 0.00000242. The Morgan fingerprint density at radius 2 is 1.95 bits per heavy atom. The molecular weight excluding hydrogens is 338 g/mol. The van der Waals surface area contributed by atoms with Crippen LogP contribution in [0.5, 0.6) is 0 Å². The van der Waals surface area contributed by atoms with Crippen molar-refractivity contribution in [3.05, 3.63) is 54.2 Å². The van der Waals surface area contributed by atoms with Crippen LogP contribution in [0.2, 0.25) is 0 Å². The van der Waals surface area contributed by atoms with Crippen molar-refractivity contribution in [2.75, 3.05) is 13.2 Å². The number of hydroxylamine groups is 2. The van der Waals surface area contributed by atoms with Crippen molar-refractivity contribution < 1.29 is 4.84 Å². The molecule has 0 N–H and O–H groups in total. The van der Waals surface area contributed by atoms with Crippen molar-refractivity contribution in [1.82, 2.24) is 5.06 Å². The van der Waals surface area contributed by atoms with Crippen LogP contribution in [0.3, 0.4) is 0 Å². The van der Waals surface area contributed by atoms with Gasteiger partial charge in [-0.25, -0.2) is 0 Å². The van der Waals surface area contributed by atoms with Gasteiger partial charge in [-0.1, -0.05) is 69.5 Å². The van der Waals surface area contributed by atoms with E-state index in [1.807, 2.05) is 11.1 Å². The van der Waals surface area contributed by atoms with E-state index in [0.29, 0.717) is 5.92 Å². The molecule has 0 aliphatic carbocycles. The van der Waals surface area contributed by atoms with Crippen molar-refractivity contribution in [3.63, 3.8) is 0 Å². The quantitative estimate of drug-likeness (QED) is 0.592. The van der Waals surface area contributed by atoms with Crippen LogP contribution in [0, 0.1) is 5.92 Å². The zero-order valence-electron chi connectivity index (χ0n) is 13.7. The molecule has 0 radical (unpaired) electrons. The maximum Gasteiger partial charge on any atom is 0.0776 e. The fourth-order valence-electron chi connectivity index (χ4n) is 2.52. The number of hydrogen-bond acceptors (Lipinski definition) is 2. The normalized spacial score (nSPS) is 15.2. The first-order valence-corrected chi connectivity index (χ1v) is 8.16. The molecule has 3 heteroatoms. The van der Waals surface area contributed by atoms with Crippen LogP contribution >= 0.6 is 17.0 Å². The van der Waals surface area contributed by atoms with Crippen LogP contribution in [0.25, 0.3) is 5.57 Å². The molecule has 0 saturated heterocycles. The van der Waals surface area contributed by atoms with Gasteiger partial charge in [-0.2, -0.15) is 0 Å². The minimum absolute atomic E-state index is 0. The molecule has 1 aliphatic rings. The molecule has 1 aliphatic heterocycles. The second-order valence-electron chi connectivity index (χ2n) is 5.65. The zero-order chi connectivity index (χ0) is 14.9. The van der Waals surface area contributed by atoms with E-state index < -0.39 is 0 Å². The predicted octanol–water partition coefficient (Wildman–Crippen LogP) is 5.63. The summed E-state index contributed by atoms with van der Waals surface area (Å²) in [5.41, 5.74) is 2.54. The van der Waals surface area contributed by atoms with Gasteiger partial charge in [0.2, 0.25) is 0 Å². The van der Waals surface area contributed by atoms with Crippen molar-refractivity contribution in [1.29, 1.82) is 0 Å². The standard InChI is InChI=1S/C19H27NO.BrH/c1-3-5-9-17(4-2)16-21-20-14-12-19(13-15-20)18-10-7-6-8-11-18;/h6-8,10-14,17H,3-5,9,15-16H2,1-2H3;1H. The van der Waals surface area contributed by atoms with Gasteiger partial charge >= 0.3 is 0 Å². The van der Waals surface area contributed by atoms with Gasteiger partial charge in [-0.05, 0) is 29.6 Å². The highest BCUT2D eigenvalue weighted by molar-refractivity contribution is 8.93. The van der Waals surface area contributed by atoms with Crippen LogP contribution in [0.1, 0.15) is 45.1 Å². The summed E-state index contributed by atoms with van der Waals surface area (Å²) in [6.45, 7) is 6.15. The van der Waals surface area contributed by atoms with Gasteiger partial charge in [0.05, 0.1) is 13.2 Å². The van der Waals surface area contributed by atoms with Crippen LogP contribution in [0.4, 0.5) is 0 Å². The van der Waals surface area contributed by atoms with Gasteiger partial charge in [0.25, 0.3) is 0 Å². The molecule has 0 bridgehead atoms. The molecule has 0 amide bonds. The molecular formula is C19H28BrNO. The molecule has 122 valence electrons. The molecule has 0 spiro atoms. The Morgan fingerprint density at radius 3 is 2.55 bits per heavy atom. The summed E-state index contributed by atoms with van der Waals surface area (Å²) in [5.74, 6) is 0.679. The number of unbranched alkanes of at least 4 members (excludes halogenated alkanes) is 1. The van der Waals surface area contributed by atoms with Gasteiger partial charge in [0.15, 0.2) is 0 Å². The number of nitrogens with zero attached hydrogens (tertiary/aromatic N) is 1. The van der Waals surface area contributed by atoms with Crippen LogP contribution < -0.4 is 0 Å². The molecule has 0 aromatic heterocycles. The SMILES string of the molecule is Br.CCCCC(CC)CON1C=CC(c2ccccc2)=CC1. The molecule has 1 aromatic carbocycles. The van der Waals surface area contributed by atoms with Crippen molar-refractivity contribution in [3.8, 4) is 0 Å². The third-order valence-corrected chi connectivity index (χ3v) is 4.04. The molecule has 22 heavy (non-hydrogen) atoms. The Morgan fingerprint density at radius 1 is 1.18 bits per heavy atom. The molecule has 0 fully saturated rings. The van der Waals surface area contributed by atoms with E-state index in [1.165, 1.54) is 36.8 Å². The minimum atomic E-state index is 0. The first-order chi connectivity index (χ1) is 10.3. The lowest BCUT2D eigenvalue weighted by molar-refractivity contribution is -0.127. The fourth-order valence-corrected chi connectivity index (χ4v) is 2.52. The maximum absolute atomic E-state index is 5.92. The van der Waals surface area contributed by atoms with Crippen molar-refractivity contribution in [2.45, 2.75) is 39.5 Å². The average molecular weight is 366 g/mol. The van der Waals surface area contributed by atoms with Gasteiger partial charge in [-0.15, -0.1) is 17.0 Å². The van der Waals surface area contributed by atoms with E-state index >= 15 is 0 Å². The number of benzene rings is 1. The van der Waals surface area contributed by atoms with Crippen LogP contribution in [-0.2, 0) is 4.84 Å². The molecule has 1 heterocycles. The Bertz CT molecular complexity index is 470. The molecule has 1 atom stereocenters. The summed E-state index contributed by atoms with van der Waals surface area (Å²) in [7, 11) is 0. The number of hydrogen-bond donors (Lipinski definition) is 0. The Kier molecular flexibility index (Phi) is 9.17. The van der Waals surface area contributed by atoms with E-state index in [9.17, 15) is 0 Å². The van der Waals surface area contributed by atoms with Crippen LogP contribution in [-0.4, -0.2) is 18.2 Å². The van der Waals surface area contributed by atoms with Gasteiger partial charge in [0, 0.05) is 6.20 Å². The second-order valence-corrected chi connectivity index (χ2v) is 5.65. The van der Waals surface area contributed by atoms with Crippen molar-refractivity contribution in [2.24, 2.45) is 5.92 Å². The van der Waals surface area contributed by atoms with Crippen LogP contribution in [0.15, 0.2) is 48.7 Å². The maximum atomic E-state index is 5.92. The highest BCUT2D eigenvalue weighted by Crippen LogP contribution is 2.20. The molecule has 1 unspecified atom stereocenters. The third kappa shape index (κ3) is 5.98. The van der Waals surface area contributed by atoms with E-state index in [2.05, 4.69) is 56.5 Å². The van der Waals surface area contributed by atoms with E-state index in [-0.39, 0.29) is 17.0 Å². The highest BCUT2D eigenvalue weighted by atomic mass is 79.9. The summed E-state index contributed by atoms with van der Waals surface area (Å²) >= 11 is 0.